The fraction of sp³-hybridized carbons (Fsp3) is 0.250. The summed E-state index contributed by atoms with van der Waals surface area (Å²) in [7, 11) is 4.39. The summed E-state index contributed by atoms with van der Waals surface area (Å²) >= 11 is 5.98. The van der Waals surface area contributed by atoms with E-state index < -0.39 is 5.82 Å². The third-order valence-corrected chi connectivity index (χ3v) is 3.10. The highest BCUT2D eigenvalue weighted by Gasteiger charge is 2.22. The van der Waals surface area contributed by atoms with Gasteiger partial charge in [-0.25, -0.2) is 0 Å². The molecule has 2 aromatic rings. The third kappa shape index (κ3) is 2.08. The molecule has 0 saturated carbocycles. The van der Waals surface area contributed by atoms with E-state index in [0.29, 0.717) is 16.9 Å². The van der Waals surface area contributed by atoms with Gasteiger partial charge in [-0.3, -0.25) is 4.68 Å². The van der Waals surface area contributed by atoms with Crippen molar-refractivity contribution in [3.05, 3.63) is 23.1 Å². The molecule has 0 aliphatic carbocycles. The number of anilines is 1. The number of benzene rings is 1. The Labute approximate surface area is 114 Å². The average molecular weight is 286 g/mol. The number of aromatic nitrogens is 2. The second-order valence-corrected chi connectivity index (χ2v) is 4.26. The Hall–Kier alpha value is -1.95. The topological polar surface area (TPSA) is 62.3 Å². The minimum Gasteiger partial charge on any atom is -0.493 e. The number of aryl methyl sites for hydroxylation is 1. The molecule has 102 valence electrons. The smallest absolute Gasteiger partial charge is 0.208 e. The quantitative estimate of drug-likeness (QED) is 0.941. The van der Waals surface area contributed by atoms with Crippen LogP contribution < -0.4 is 15.2 Å². The molecule has 2 N–H and O–H groups in total. The van der Waals surface area contributed by atoms with Crippen molar-refractivity contribution in [2.45, 2.75) is 0 Å². The van der Waals surface area contributed by atoms with Crippen molar-refractivity contribution in [1.82, 2.24) is 9.78 Å². The van der Waals surface area contributed by atoms with Gasteiger partial charge in [0.1, 0.15) is 5.82 Å². The summed E-state index contributed by atoms with van der Waals surface area (Å²) in [5, 5.41) is 4.15. The summed E-state index contributed by atoms with van der Waals surface area (Å²) in [5.74, 6) is -0.333. The van der Waals surface area contributed by atoms with E-state index in [-0.39, 0.29) is 16.5 Å². The zero-order valence-corrected chi connectivity index (χ0v) is 11.5. The predicted molar refractivity (Wildman–Crippen MR) is 71.1 cm³/mol. The molecular formula is C12H13ClFN3O2. The monoisotopic (exact) mass is 285 g/mol. The number of methoxy groups -OCH3 is 2. The van der Waals surface area contributed by atoms with Gasteiger partial charge in [0.15, 0.2) is 11.5 Å². The average Bonchev–Trinajstić information content (AvgIpc) is 2.70. The minimum atomic E-state index is -0.671. The fourth-order valence-electron chi connectivity index (χ4n) is 1.83. The zero-order valence-electron chi connectivity index (χ0n) is 10.7. The maximum atomic E-state index is 14.2. The molecular weight excluding hydrogens is 273 g/mol. The zero-order chi connectivity index (χ0) is 14.2. The molecule has 0 unspecified atom stereocenters. The van der Waals surface area contributed by atoms with Crippen molar-refractivity contribution in [3.8, 4) is 22.6 Å². The summed E-state index contributed by atoms with van der Waals surface area (Å²) < 4.78 is 25.7. The van der Waals surface area contributed by atoms with Gasteiger partial charge >= 0.3 is 0 Å². The number of hydrogen-bond acceptors (Lipinski definition) is 4. The lowest BCUT2D eigenvalue weighted by molar-refractivity contribution is 0.352. The highest BCUT2D eigenvalue weighted by molar-refractivity contribution is 6.32. The highest BCUT2D eigenvalue weighted by atomic mass is 35.5. The Bertz CT molecular complexity index is 628. The summed E-state index contributed by atoms with van der Waals surface area (Å²) in [6, 6.07) is 1.54. The number of ether oxygens (including phenoxy) is 2. The first-order valence-electron chi connectivity index (χ1n) is 5.39. The van der Waals surface area contributed by atoms with E-state index in [1.165, 1.54) is 31.2 Å². The maximum absolute atomic E-state index is 14.2. The molecule has 0 aliphatic heterocycles. The number of nitrogen functional groups attached to an aromatic ring is 1. The van der Waals surface area contributed by atoms with Gasteiger partial charge in [-0.2, -0.15) is 9.49 Å². The summed E-state index contributed by atoms with van der Waals surface area (Å²) in [4.78, 5) is 0. The molecule has 2 rings (SSSR count). The molecule has 0 amide bonds. The van der Waals surface area contributed by atoms with E-state index in [1.54, 1.807) is 7.05 Å². The Kier molecular flexibility index (Phi) is 3.53. The van der Waals surface area contributed by atoms with Crippen molar-refractivity contribution in [1.29, 1.82) is 0 Å². The van der Waals surface area contributed by atoms with Gasteiger partial charge in [-0.1, -0.05) is 11.6 Å². The Morgan fingerprint density at radius 3 is 2.37 bits per heavy atom. The first-order valence-corrected chi connectivity index (χ1v) is 5.76. The SMILES string of the molecule is COc1c(Cl)cc(-c2cnn(C)c2N)c(OC)c1F. The van der Waals surface area contributed by atoms with Gasteiger partial charge in [0.2, 0.25) is 5.82 Å². The number of hydrogen-bond donors (Lipinski definition) is 1. The lowest BCUT2D eigenvalue weighted by Gasteiger charge is -2.13. The molecule has 19 heavy (non-hydrogen) atoms. The van der Waals surface area contributed by atoms with Crippen LogP contribution in [0.4, 0.5) is 10.2 Å². The standard InChI is InChI=1S/C12H13ClFN3O2/c1-17-12(15)7(5-16-17)6-4-8(13)11(19-3)9(14)10(6)18-2/h4-5H,15H2,1-3H3. The molecule has 0 saturated heterocycles. The van der Waals surface area contributed by atoms with E-state index in [1.807, 2.05) is 0 Å². The van der Waals surface area contributed by atoms with Gasteiger partial charge in [-0.15, -0.1) is 0 Å². The van der Waals surface area contributed by atoms with Crippen LogP contribution in [0.1, 0.15) is 0 Å². The molecule has 0 aliphatic rings. The van der Waals surface area contributed by atoms with E-state index in [4.69, 9.17) is 26.8 Å². The molecule has 1 aromatic carbocycles. The summed E-state index contributed by atoms with van der Waals surface area (Å²) in [5.41, 5.74) is 6.85. The van der Waals surface area contributed by atoms with Crippen LogP contribution in [0, 0.1) is 5.82 Å². The van der Waals surface area contributed by atoms with Crippen LogP contribution in [0.3, 0.4) is 0 Å². The van der Waals surface area contributed by atoms with Crippen LogP contribution in [-0.4, -0.2) is 24.0 Å². The Morgan fingerprint density at radius 2 is 1.89 bits per heavy atom. The predicted octanol–water partition coefficient (Wildman–Crippen LogP) is 2.48. The lowest BCUT2D eigenvalue weighted by atomic mass is 10.1. The van der Waals surface area contributed by atoms with Crippen LogP contribution >= 0.6 is 11.6 Å². The van der Waals surface area contributed by atoms with Crippen molar-refractivity contribution in [3.63, 3.8) is 0 Å². The first kappa shape index (κ1) is 13.5. The van der Waals surface area contributed by atoms with Crippen molar-refractivity contribution < 1.29 is 13.9 Å². The molecule has 5 nitrogen and oxygen atoms in total. The summed E-state index contributed by atoms with van der Waals surface area (Å²) in [6.45, 7) is 0. The second-order valence-electron chi connectivity index (χ2n) is 3.85. The van der Waals surface area contributed by atoms with Gasteiger partial charge in [0.05, 0.1) is 25.4 Å². The second kappa shape index (κ2) is 4.97. The largest absolute Gasteiger partial charge is 0.493 e. The van der Waals surface area contributed by atoms with Crippen molar-refractivity contribution in [2.24, 2.45) is 7.05 Å². The molecule has 1 heterocycles. The number of nitrogens with zero attached hydrogens (tertiary/aromatic N) is 2. The first-order chi connectivity index (χ1) is 9.01. The molecule has 0 fully saturated rings. The van der Waals surface area contributed by atoms with Gasteiger partial charge in [0.25, 0.3) is 0 Å². The number of rotatable bonds is 3. The maximum Gasteiger partial charge on any atom is 0.208 e. The number of halogens is 2. The molecule has 1 aromatic heterocycles. The number of nitrogens with two attached hydrogens (primary N) is 1. The van der Waals surface area contributed by atoms with Crippen molar-refractivity contribution >= 4 is 17.4 Å². The molecule has 0 spiro atoms. The Balaban J connectivity index is 2.74. The summed E-state index contributed by atoms with van der Waals surface area (Å²) in [6.07, 6.45) is 1.52. The molecule has 0 bridgehead atoms. The van der Waals surface area contributed by atoms with Crippen LogP contribution in [-0.2, 0) is 7.05 Å². The van der Waals surface area contributed by atoms with Gasteiger partial charge < -0.3 is 15.2 Å². The normalized spacial score (nSPS) is 10.6. The van der Waals surface area contributed by atoms with E-state index in [0.717, 1.165) is 0 Å². The van der Waals surface area contributed by atoms with Gasteiger partial charge in [-0.05, 0) is 6.07 Å². The van der Waals surface area contributed by atoms with Crippen molar-refractivity contribution in [2.75, 3.05) is 20.0 Å². The van der Waals surface area contributed by atoms with Crippen LogP contribution in [0.5, 0.6) is 11.5 Å². The lowest BCUT2D eigenvalue weighted by Crippen LogP contribution is -2.00. The van der Waals surface area contributed by atoms with Gasteiger partial charge in [0, 0.05) is 18.2 Å². The molecule has 7 heteroatoms. The van der Waals surface area contributed by atoms with Crippen LogP contribution in [0.2, 0.25) is 5.02 Å². The third-order valence-electron chi connectivity index (χ3n) is 2.81. The Morgan fingerprint density at radius 1 is 1.26 bits per heavy atom. The molecule has 0 radical (unpaired) electrons. The van der Waals surface area contributed by atoms with E-state index >= 15 is 0 Å². The van der Waals surface area contributed by atoms with E-state index in [2.05, 4.69) is 5.10 Å². The highest BCUT2D eigenvalue weighted by Crippen LogP contribution is 2.43. The van der Waals surface area contributed by atoms with Crippen LogP contribution in [0.25, 0.3) is 11.1 Å². The van der Waals surface area contributed by atoms with Crippen LogP contribution in [0.15, 0.2) is 12.3 Å². The molecule has 0 atom stereocenters. The fourth-order valence-corrected chi connectivity index (χ4v) is 2.09. The minimum absolute atomic E-state index is 0.0148. The van der Waals surface area contributed by atoms with E-state index in [9.17, 15) is 4.39 Å².